The molecule has 2 rings (SSSR count). The highest BCUT2D eigenvalue weighted by Gasteiger charge is 2.13. The van der Waals surface area contributed by atoms with Gasteiger partial charge in [0.1, 0.15) is 5.75 Å². The standard InChI is InChI=1S/C14H20N2O3/c1-11-10-13(6-7-14(11)16(17)18)19-9-3-5-12-4-2-8-15-12/h6-7,10,12,15H,2-5,8-9H2,1H3. The summed E-state index contributed by atoms with van der Waals surface area (Å²) in [5, 5.41) is 14.2. The van der Waals surface area contributed by atoms with Gasteiger partial charge >= 0.3 is 0 Å². The Bertz CT molecular complexity index is 442. The lowest BCUT2D eigenvalue weighted by Gasteiger charge is -2.11. The second-order valence-electron chi connectivity index (χ2n) is 4.99. The lowest BCUT2D eigenvalue weighted by Crippen LogP contribution is -2.21. The van der Waals surface area contributed by atoms with Crippen LogP contribution in [0.5, 0.6) is 5.75 Å². The van der Waals surface area contributed by atoms with Gasteiger partial charge in [-0.25, -0.2) is 0 Å². The number of benzene rings is 1. The van der Waals surface area contributed by atoms with E-state index in [0.29, 0.717) is 24.0 Å². The molecule has 1 fully saturated rings. The molecule has 1 unspecified atom stereocenters. The average Bonchev–Trinajstić information content (AvgIpc) is 2.87. The second kappa shape index (κ2) is 6.52. The summed E-state index contributed by atoms with van der Waals surface area (Å²) in [6.45, 7) is 3.52. The number of nitro groups is 1. The van der Waals surface area contributed by atoms with E-state index in [1.165, 1.54) is 18.9 Å². The smallest absolute Gasteiger partial charge is 0.272 e. The van der Waals surface area contributed by atoms with Gasteiger partial charge in [0.25, 0.3) is 5.69 Å². The van der Waals surface area contributed by atoms with E-state index in [0.717, 1.165) is 19.4 Å². The quantitative estimate of drug-likeness (QED) is 0.487. The van der Waals surface area contributed by atoms with Crippen molar-refractivity contribution < 1.29 is 9.66 Å². The number of nitrogens with zero attached hydrogens (tertiary/aromatic N) is 1. The molecule has 0 amide bonds. The van der Waals surface area contributed by atoms with E-state index in [4.69, 9.17) is 4.74 Å². The highest BCUT2D eigenvalue weighted by molar-refractivity contribution is 5.44. The summed E-state index contributed by atoms with van der Waals surface area (Å²) >= 11 is 0. The Labute approximate surface area is 113 Å². The maximum Gasteiger partial charge on any atom is 0.272 e. The highest BCUT2D eigenvalue weighted by Crippen LogP contribution is 2.23. The first-order chi connectivity index (χ1) is 9.16. The minimum absolute atomic E-state index is 0.141. The lowest BCUT2D eigenvalue weighted by atomic mass is 10.1. The molecule has 0 bridgehead atoms. The fourth-order valence-corrected chi connectivity index (χ4v) is 2.45. The zero-order valence-electron chi connectivity index (χ0n) is 11.2. The summed E-state index contributed by atoms with van der Waals surface area (Å²) in [6, 6.07) is 5.54. The minimum atomic E-state index is -0.370. The Kier molecular flexibility index (Phi) is 4.74. The molecule has 104 valence electrons. The van der Waals surface area contributed by atoms with Gasteiger partial charge in [0, 0.05) is 17.7 Å². The van der Waals surface area contributed by atoms with Crippen molar-refractivity contribution in [2.45, 2.75) is 38.6 Å². The molecule has 0 aliphatic carbocycles. The van der Waals surface area contributed by atoms with Gasteiger partial charge in [-0.2, -0.15) is 0 Å². The van der Waals surface area contributed by atoms with Crippen LogP contribution >= 0.6 is 0 Å². The third-order valence-electron chi connectivity index (χ3n) is 3.49. The molecule has 1 atom stereocenters. The number of rotatable bonds is 6. The largest absolute Gasteiger partial charge is 0.494 e. The molecule has 1 N–H and O–H groups in total. The molecule has 1 aliphatic heterocycles. The van der Waals surface area contributed by atoms with Crippen LogP contribution in [0.15, 0.2) is 18.2 Å². The Morgan fingerprint density at radius 2 is 2.37 bits per heavy atom. The normalized spacial score (nSPS) is 18.5. The van der Waals surface area contributed by atoms with Crippen LogP contribution in [0.3, 0.4) is 0 Å². The topological polar surface area (TPSA) is 64.4 Å². The van der Waals surface area contributed by atoms with Gasteiger partial charge in [0.05, 0.1) is 11.5 Å². The third kappa shape index (κ3) is 3.92. The van der Waals surface area contributed by atoms with E-state index in [9.17, 15) is 10.1 Å². The maximum atomic E-state index is 10.7. The van der Waals surface area contributed by atoms with Crippen LogP contribution in [0.25, 0.3) is 0 Å². The molecule has 0 aromatic heterocycles. The predicted molar refractivity (Wildman–Crippen MR) is 73.6 cm³/mol. The van der Waals surface area contributed by atoms with Crippen molar-refractivity contribution in [2.75, 3.05) is 13.2 Å². The summed E-state index contributed by atoms with van der Waals surface area (Å²) in [6.07, 6.45) is 4.67. The molecule has 5 heteroatoms. The van der Waals surface area contributed by atoms with Crippen LogP contribution in [0, 0.1) is 17.0 Å². The lowest BCUT2D eigenvalue weighted by molar-refractivity contribution is -0.385. The molecule has 0 saturated carbocycles. The molecule has 1 aromatic rings. The van der Waals surface area contributed by atoms with Crippen LogP contribution in [0.4, 0.5) is 5.69 Å². The fraction of sp³-hybridized carbons (Fsp3) is 0.571. The van der Waals surface area contributed by atoms with E-state index >= 15 is 0 Å². The van der Waals surface area contributed by atoms with Gasteiger partial charge in [-0.1, -0.05) is 0 Å². The molecule has 1 saturated heterocycles. The molecule has 1 aliphatic rings. The van der Waals surface area contributed by atoms with Crippen molar-refractivity contribution in [2.24, 2.45) is 0 Å². The molecule has 5 nitrogen and oxygen atoms in total. The average molecular weight is 264 g/mol. The van der Waals surface area contributed by atoms with Crippen molar-refractivity contribution in [1.29, 1.82) is 0 Å². The first-order valence-electron chi connectivity index (χ1n) is 6.78. The first-order valence-corrected chi connectivity index (χ1v) is 6.78. The van der Waals surface area contributed by atoms with Crippen molar-refractivity contribution >= 4 is 5.69 Å². The fourth-order valence-electron chi connectivity index (χ4n) is 2.45. The Morgan fingerprint density at radius 3 is 3.00 bits per heavy atom. The second-order valence-corrected chi connectivity index (χ2v) is 4.99. The molecule has 1 aromatic carbocycles. The number of nitrogens with one attached hydrogen (secondary N) is 1. The summed E-state index contributed by atoms with van der Waals surface area (Å²) < 4.78 is 5.63. The van der Waals surface area contributed by atoms with Crippen molar-refractivity contribution in [3.8, 4) is 5.75 Å². The molecule has 19 heavy (non-hydrogen) atoms. The van der Waals surface area contributed by atoms with Crippen LogP contribution in [-0.4, -0.2) is 24.1 Å². The molecule has 0 radical (unpaired) electrons. The zero-order chi connectivity index (χ0) is 13.7. The summed E-state index contributed by atoms with van der Waals surface area (Å²) in [5.41, 5.74) is 0.780. The van der Waals surface area contributed by atoms with Gasteiger partial charge in [0.15, 0.2) is 0 Å². The number of nitro benzene ring substituents is 1. The van der Waals surface area contributed by atoms with Crippen LogP contribution in [0.1, 0.15) is 31.2 Å². The van der Waals surface area contributed by atoms with Gasteiger partial charge in [-0.05, 0) is 51.3 Å². The van der Waals surface area contributed by atoms with Gasteiger partial charge in [0.2, 0.25) is 0 Å². The van der Waals surface area contributed by atoms with E-state index in [2.05, 4.69) is 5.32 Å². The number of hydrogen-bond acceptors (Lipinski definition) is 4. The van der Waals surface area contributed by atoms with Crippen LogP contribution in [-0.2, 0) is 0 Å². The van der Waals surface area contributed by atoms with Crippen LogP contribution in [0.2, 0.25) is 0 Å². The van der Waals surface area contributed by atoms with Gasteiger partial charge in [-0.15, -0.1) is 0 Å². The molecule has 1 heterocycles. The number of ether oxygens (including phenoxy) is 1. The molecule has 0 spiro atoms. The Morgan fingerprint density at radius 1 is 1.53 bits per heavy atom. The molecular weight excluding hydrogens is 244 g/mol. The monoisotopic (exact) mass is 264 g/mol. The minimum Gasteiger partial charge on any atom is -0.494 e. The first kappa shape index (κ1) is 13.8. The van der Waals surface area contributed by atoms with E-state index < -0.39 is 0 Å². The molecular formula is C14H20N2O3. The summed E-state index contributed by atoms with van der Waals surface area (Å²) in [5.74, 6) is 0.711. The Hall–Kier alpha value is -1.62. The SMILES string of the molecule is Cc1cc(OCCCC2CCCN2)ccc1[N+](=O)[O-]. The van der Waals surface area contributed by atoms with Crippen molar-refractivity contribution in [1.82, 2.24) is 5.32 Å². The van der Waals surface area contributed by atoms with E-state index in [1.54, 1.807) is 19.1 Å². The van der Waals surface area contributed by atoms with Crippen molar-refractivity contribution in [3.05, 3.63) is 33.9 Å². The zero-order valence-corrected chi connectivity index (χ0v) is 11.2. The third-order valence-corrected chi connectivity index (χ3v) is 3.49. The van der Waals surface area contributed by atoms with Crippen molar-refractivity contribution in [3.63, 3.8) is 0 Å². The highest BCUT2D eigenvalue weighted by atomic mass is 16.6. The summed E-state index contributed by atoms with van der Waals surface area (Å²) in [7, 11) is 0. The number of aryl methyl sites for hydroxylation is 1. The van der Waals surface area contributed by atoms with E-state index in [1.807, 2.05) is 0 Å². The summed E-state index contributed by atoms with van der Waals surface area (Å²) in [4.78, 5) is 10.3. The Balaban J connectivity index is 1.76. The van der Waals surface area contributed by atoms with Gasteiger partial charge < -0.3 is 10.1 Å². The van der Waals surface area contributed by atoms with E-state index in [-0.39, 0.29) is 10.6 Å². The number of hydrogen-bond donors (Lipinski definition) is 1. The predicted octanol–water partition coefficient (Wildman–Crippen LogP) is 2.81. The van der Waals surface area contributed by atoms with Gasteiger partial charge in [-0.3, -0.25) is 10.1 Å². The maximum absolute atomic E-state index is 10.7. The van der Waals surface area contributed by atoms with Crippen LogP contribution < -0.4 is 10.1 Å².